The van der Waals surface area contributed by atoms with Gasteiger partial charge in [-0.15, -0.1) is 0 Å². The fraction of sp³-hybridized carbons (Fsp3) is 0.462. The summed E-state index contributed by atoms with van der Waals surface area (Å²) in [5, 5.41) is 3.61. The van der Waals surface area contributed by atoms with Gasteiger partial charge in [-0.2, -0.15) is 0 Å². The topological polar surface area (TPSA) is 29.1 Å². The fourth-order valence-corrected chi connectivity index (χ4v) is 2.54. The SMILES string of the molecule is CCNC(=O)CC1CCc2ccc(Cl)cc21. The Hall–Kier alpha value is -1.02. The van der Waals surface area contributed by atoms with E-state index in [1.807, 2.05) is 19.1 Å². The maximum atomic E-state index is 11.5. The summed E-state index contributed by atoms with van der Waals surface area (Å²) in [6.45, 7) is 2.64. The molecule has 0 saturated heterocycles. The van der Waals surface area contributed by atoms with Crippen LogP contribution in [0.25, 0.3) is 0 Å². The predicted octanol–water partition coefficient (Wildman–Crippen LogP) is 2.90. The molecule has 1 aromatic carbocycles. The Kier molecular flexibility index (Phi) is 3.49. The standard InChI is InChI=1S/C13H16ClNO/c1-2-15-13(16)7-10-4-3-9-5-6-11(14)8-12(9)10/h5-6,8,10H,2-4,7H2,1H3,(H,15,16). The minimum Gasteiger partial charge on any atom is -0.356 e. The van der Waals surface area contributed by atoms with Crippen LogP contribution >= 0.6 is 11.6 Å². The van der Waals surface area contributed by atoms with E-state index < -0.39 is 0 Å². The molecule has 0 radical (unpaired) electrons. The smallest absolute Gasteiger partial charge is 0.220 e. The maximum Gasteiger partial charge on any atom is 0.220 e. The second kappa shape index (κ2) is 4.88. The molecule has 0 fully saturated rings. The lowest BCUT2D eigenvalue weighted by Gasteiger charge is -2.11. The van der Waals surface area contributed by atoms with Gasteiger partial charge in [-0.1, -0.05) is 17.7 Å². The summed E-state index contributed by atoms with van der Waals surface area (Å²) in [5.41, 5.74) is 2.61. The lowest BCUT2D eigenvalue weighted by Crippen LogP contribution is -2.24. The molecule has 3 heteroatoms. The lowest BCUT2D eigenvalue weighted by molar-refractivity contribution is -0.121. The van der Waals surface area contributed by atoms with Crippen molar-refractivity contribution in [2.45, 2.75) is 32.1 Å². The van der Waals surface area contributed by atoms with E-state index in [4.69, 9.17) is 11.6 Å². The van der Waals surface area contributed by atoms with Gasteiger partial charge in [0.15, 0.2) is 0 Å². The highest BCUT2D eigenvalue weighted by molar-refractivity contribution is 6.30. The molecule has 0 heterocycles. The molecule has 0 bridgehead atoms. The summed E-state index contributed by atoms with van der Waals surface area (Å²) in [4.78, 5) is 11.5. The Labute approximate surface area is 101 Å². The first kappa shape index (κ1) is 11.5. The lowest BCUT2D eigenvalue weighted by atomic mass is 9.97. The van der Waals surface area contributed by atoms with Crippen LogP contribution in [0, 0.1) is 0 Å². The zero-order chi connectivity index (χ0) is 11.5. The summed E-state index contributed by atoms with van der Waals surface area (Å²) in [6.07, 6.45) is 2.71. The quantitative estimate of drug-likeness (QED) is 0.861. The number of rotatable bonds is 3. The molecule has 1 N–H and O–H groups in total. The largest absolute Gasteiger partial charge is 0.356 e. The van der Waals surface area contributed by atoms with Crippen molar-refractivity contribution in [1.82, 2.24) is 5.32 Å². The summed E-state index contributed by atoms with van der Waals surface area (Å²) in [6, 6.07) is 6.01. The molecule has 0 aliphatic heterocycles. The van der Waals surface area contributed by atoms with Crippen molar-refractivity contribution in [2.24, 2.45) is 0 Å². The summed E-state index contributed by atoms with van der Waals surface area (Å²) < 4.78 is 0. The van der Waals surface area contributed by atoms with Crippen molar-refractivity contribution >= 4 is 17.5 Å². The van der Waals surface area contributed by atoms with E-state index in [2.05, 4.69) is 11.4 Å². The maximum absolute atomic E-state index is 11.5. The van der Waals surface area contributed by atoms with Gasteiger partial charge in [0.1, 0.15) is 0 Å². The number of carbonyl (C=O) groups is 1. The summed E-state index contributed by atoms with van der Waals surface area (Å²) in [5.74, 6) is 0.487. The van der Waals surface area contributed by atoms with Crippen LogP contribution in [0.2, 0.25) is 5.02 Å². The van der Waals surface area contributed by atoms with Crippen molar-refractivity contribution < 1.29 is 4.79 Å². The average molecular weight is 238 g/mol. The van der Waals surface area contributed by atoms with Gasteiger partial charge in [-0.3, -0.25) is 4.79 Å². The summed E-state index contributed by atoms with van der Waals surface area (Å²) >= 11 is 5.99. The molecule has 0 aromatic heterocycles. The van der Waals surface area contributed by atoms with Crippen LogP contribution in [0.15, 0.2) is 18.2 Å². The molecule has 86 valence electrons. The minimum absolute atomic E-state index is 0.139. The first-order valence-electron chi connectivity index (χ1n) is 5.75. The van der Waals surface area contributed by atoms with E-state index in [9.17, 15) is 4.79 Å². The molecule has 0 saturated carbocycles. The van der Waals surface area contributed by atoms with Crippen LogP contribution < -0.4 is 5.32 Å². The van der Waals surface area contributed by atoms with Gasteiger partial charge < -0.3 is 5.32 Å². The number of hydrogen-bond donors (Lipinski definition) is 1. The number of benzene rings is 1. The molecular weight excluding hydrogens is 222 g/mol. The zero-order valence-corrected chi connectivity index (χ0v) is 10.2. The third kappa shape index (κ3) is 2.38. The van der Waals surface area contributed by atoms with Crippen molar-refractivity contribution in [2.75, 3.05) is 6.54 Å². The predicted molar refractivity (Wildman–Crippen MR) is 65.8 cm³/mol. The molecule has 0 spiro atoms. The second-order valence-electron chi connectivity index (χ2n) is 4.24. The third-order valence-corrected chi connectivity index (χ3v) is 3.35. The van der Waals surface area contributed by atoms with E-state index in [1.54, 1.807) is 0 Å². The Morgan fingerprint density at radius 1 is 1.56 bits per heavy atom. The number of hydrogen-bond acceptors (Lipinski definition) is 1. The van der Waals surface area contributed by atoms with Crippen molar-refractivity contribution in [3.05, 3.63) is 34.3 Å². The van der Waals surface area contributed by atoms with E-state index >= 15 is 0 Å². The first-order valence-corrected chi connectivity index (χ1v) is 6.13. The number of halogens is 1. The van der Waals surface area contributed by atoms with Gasteiger partial charge in [0.2, 0.25) is 5.91 Å². The van der Waals surface area contributed by atoms with Crippen LogP contribution in [0.5, 0.6) is 0 Å². The molecule has 1 aliphatic rings. The fourth-order valence-electron chi connectivity index (χ4n) is 2.36. The second-order valence-corrected chi connectivity index (χ2v) is 4.67. The van der Waals surface area contributed by atoms with Gasteiger partial charge in [0.05, 0.1) is 0 Å². The number of carbonyl (C=O) groups excluding carboxylic acids is 1. The Morgan fingerprint density at radius 2 is 2.38 bits per heavy atom. The monoisotopic (exact) mass is 237 g/mol. The van der Waals surface area contributed by atoms with E-state index in [-0.39, 0.29) is 5.91 Å². The Balaban J connectivity index is 2.11. The number of amides is 1. The van der Waals surface area contributed by atoms with Crippen LogP contribution in [0.1, 0.15) is 36.8 Å². The van der Waals surface area contributed by atoms with Gasteiger partial charge in [-0.25, -0.2) is 0 Å². The molecule has 1 aliphatic carbocycles. The van der Waals surface area contributed by atoms with Crippen LogP contribution in [-0.2, 0) is 11.2 Å². The van der Waals surface area contributed by atoms with Gasteiger partial charge in [-0.05, 0) is 48.9 Å². The highest BCUT2D eigenvalue weighted by Crippen LogP contribution is 2.36. The Morgan fingerprint density at radius 3 is 3.12 bits per heavy atom. The molecule has 1 unspecified atom stereocenters. The van der Waals surface area contributed by atoms with Gasteiger partial charge in [0.25, 0.3) is 0 Å². The molecule has 2 nitrogen and oxygen atoms in total. The average Bonchev–Trinajstić information content (AvgIpc) is 2.61. The van der Waals surface area contributed by atoms with Crippen LogP contribution in [-0.4, -0.2) is 12.5 Å². The van der Waals surface area contributed by atoms with E-state index in [1.165, 1.54) is 11.1 Å². The van der Waals surface area contributed by atoms with Gasteiger partial charge >= 0.3 is 0 Å². The number of fused-ring (bicyclic) bond motifs is 1. The highest BCUT2D eigenvalue weighted by atomic mass is 35.5. The highest BCUT2D eigenvalue weighted by Gasteiger charge is 2.24. The van der Waals surface area contributed by atoms with Gasteiger partial charge in [0, 0.05) is 18.0 Å². The van der Waals surface area contributed by atoms with E-state index in [0.717, 1.165) is 17.9 Å². The number of nitrogens with one attached hydrogen (secondary N) is 1. The van der Waals surface area contributed by atoms with E-state index in [0.29, 0.717) is 18.9 Å². The molecule has 2 rings (SSSR count). The zero-order valence-electron chi connectivity index (χ0n) is 9.42. The van der Waals surface area contributed by atoms with Crippen LogP contribution in [0.3, 0.4) is 0 Å². The molecule has 1 aromatic rings. The minimum atomic E-state index is 0.139. The molecular formula is C13H16ClNO. The van der Waals surface area contributed by atoms with Crippen molar-refractivity contribution in [3.63, 3.8) is 0 Å². The molecule has 16 heavy (non-hydrogen) atoms. The van der Waals surface area contributed by atoms with Crippen molar-refractivity contribution in [3.8, 4) is 0 Å². The molecule has 1 amide bonds. The number of aryl methyl sites for hydroxylation is 1. The Bertz CT molecular complexity index is 403. The molecule has 1 atom stereocenters. The van der Waals surface area contributed by atoms with Crippen LogP contribution in [0.4, 0.5) is 0 Å². The van der Waals surface area contributed by atoms with Crippen molar-refractivity contribution in [1.29, 1.82) is 0 Å². The first-order chi connectivity index (χ1) is 7.70. The summed E-state index contributed by atoms with van der Waals surface area (Å²) in [7, 11) is 0. The normalized spacial score (nSPS) is 18.2. The third-order valence-electron chi connectivity index (χ3n) is 3.12.